The minimum absolute atomic E-state index is 0.136. The van der Waals surface area contributed by atoms with E-state index in [1.54, 1.807) is 0 Å². The zero-order valence-electron chi connectivity index (χ0n) is 40.4. The van der Waals surface area contributed by atoms with E-state index < -0.39 is 0 Å². The van der Waals surface area contributed by atoms with Crippen LogP contribution < -0.4 is 0 Å². The Kier molecular flexibility index (Phi) is 14.5. The summed E-state index contributed by atoms with van der Waals surface area (Å²) in [4.78, 5) is 5.21. The van der Waals surface area contributed by atoms with Crippen LogP contribution in [0, 0.1) is 30.4 Å². The molecule has 0 amide bonds. The van der Waals surface area contributed by atoms with Crippen LogP contribution in [0.2, 0.25) is 0 Å². The van der Waals surface area contributed by atoms with Gasteiger partial charge in [0.2, 0.25) is 0 Å². The molecule has 66 heavy (non-hydrogen) atoms. The topological polar surface area (TPSA) is 43.6 Å². The molecule has 0 saturated heterocycles. The van der Waals surface area contributed by atoms with Gasteiger partial charge in [0.25, 0.3) is 0 Å². The molecular formula is C59H70F2N4S. The predicted molar refractivity (Wildman–Crippen MR) is 275 cm³/mol. The molecule has 0 N–H and O–H groups in total. The standard InChI is InChI=1S/C59H70F2N4S/c1-7-11-13-15-38-17-21-42(22-18-38)44-25-31-50(52(60)35-44)48-29-27-46(33-40(48)9-3)54-56-57(64-66-63-56)55(59-58(54)62-37(5)65(59)6)47-28-30-49(41(10-4)34-47)51-32-26-45(36-53(51)61)43-23-19-39(20-24-43)16-14-12-8-2/h25-36,38-39,42-43H,7-24H2,1-6H3. The van der Waals surface area contributed by atoms with E-state index in [1.165, 1.54) is 88.8 Å². The lowest BCUT2D eigenvalue weighted by molar-refractivity contribution is 0.302. The molecule has 2 aliphatic carbocycles. The Morgan fingerprint density at radius 2 is 1.00 bits per heavy atom. The van der Waals surface area contributed by atoms with Crippen molar-refractivity contribution in [1.29, 1.82) is 0 Å². The van der Waals surface area contributed by atoms with Gasteiger partial charge in [-0.25, -0.2) is 13.8 Å². The summed E-state index contributed by atoms with van der Waals surface area (Å²) in [6.45, 7) is 10.9. The summed E-state index contributed by atoms with van der Waals surface area (Å²) < 4.78 is 44.5. The first kappa shape index (κ1) is 46.4. The average molecular weight is 905 g/mol. The van der Waals surface area contributed by atoms with E-state index in [-0.39, 0.29) is 11.6 Å². The van der Waals surface area contributed by atoms with E-state index in [2.05, 4.69) is 87.8 Å². The first-order valence-electron chi connectivity index (χ1n) is 25.7. The third kappa shape index (κ3) is 9.27. The van der Waals surface area contributed by atoms with Crippen LogP contribution in [-0.2, 0) is 19.9 Å². The lowest BCUT2D eigenvalue weighted by Gasteiger charge is -2.29. The molecule has 0 aliphatic heterocycles. The number of benzene rings is 5. The normalized spacial score (nSPS) is 19.0. The van der Waals surface area contributed by atoms with Gasteiger partial charge < -0.3 is 4.57 Å². The van der Waals surface area contributed by atoms with Crippen LogP contribution >= 0.6 is 11.7 Å². The van der Waals surface area contributed by atoms with Gasteiger partial charge in [-0.15, -0.1) is 0 Å². The lowest BCUT2D eigenvalue weighted by atomic mass is 9.76. The first-order valence-corrected chi connectivity index (χ1v) is 26.4. The van der Waals surface area contributed by atoms with Crippen molar-refractivity contribution < 1.29 is 8.78 Å². The van der Waals surface area contributed by atoms with Crippen molar-refractivity contribution in [2.24, 2.45) is 18.9 Å². The zero-order valence-corrected chi connectivity index (χ0v) is 41.2. The van der Waals surface area contributed by atoms with Gasteiger partial charge in [-0.3, -0.25) is 0 Å². The highest BCUT2D eigenvalue weighted by Crippen LogP contribution is 2.46. The van der Waals surface area contributed by atoms with Crippen molar-refractivity contribution in [3.63, 3.8) is 0 Å². The molecule has 4 nitrogen and oxygen atoms in total. The SMILES string of the molecule is CCCCCC1CCC(c2ccc(-c3ccc(-c4c5nsnc5c(-c5ccc(-c6ccc(C7CCC(CCCCC)CC7)cc6F)c(CC)c5)c5c4nc(C)n5C)cc3CC)c(F)c2)CC1. The predicted octanol–water partition coefficient (Wildman–Crippen LogP) is 17.7. The Balaban J connectivity index is 1.01. The van der Waals surface area contributed by atoms with Crippen molar-refractivity contribution in [2.45, 2.75) is 162 Å². The lowest BCUT2D eigenvalue weighted by Crippen LogP contribution is -2.13. The van der Waals surface area contributed by atoms with E-state index in [9.17, 15) is 0 Å². The molecule has 2 aliphatic rings. The maximum absolute atomic E-state index is 16.2. The van der Waals surface area contributed by atoms with Crippen LogP contribution in [0.15, 0.2) is 72.8 Å². The van der Waals surface area contributed by atoms with Crippen molar-refractivity contribution in [3.05, 3.63) is 113 Å². The summed E-state index contributed by atoms with van der Waals surface area (Å²) >= 11 is 1.22. The largest absolute Gasteiger partial charge is 0.331 e. The molecule has 9 rings (SSSR count). The molecule has 2 fully saturated rings. The summed E-state index contributed by atoms with van der Waals surface area (Å²) in [5, 5.41) is 0. The van der Waals surface area contributed by atoms with Crippen molar-refractivity contribution in [1.82, 2.24) is 18.3 Å². The Bertz CT molecular complexity index is 2800. The second kappa shape index (κ2) is 20.6. The highest BCUT2D eigenvalue weighted by atomic mass is 32.1. The van der Waals surface area contributed by atoms with Gasteiger partial charge in [0.1, 0.15) is 28.5 Å². The fourth-order valence-electron chi connectivity index (χ4n) is 11.9. The summed E-state index contributed by atoms with van der Waals surface area (Å²) in [5.41, 5.74) is 15.1. The Labute approximate surface area is 397 Å². The van der Waals surface area contributed by atoms with Crippen molar-refractivity contribution >= 4 is 33.8 Å². The van der Waals surface area contributed by atoms with Crippen molar-refractivity contribution in [3.8, 4) is 44.5 Å². The van der Waals surface area contributed by atoms with Gasteiger partial charge in [0.05, 0.1) is 22.8 Å². The first-order chi connectivity index (χ1) is 32.2. The zero-order chi connectivity index (χ0) is 45.9. The minimum atomic E-state index is -0.138. The molecule has 2 aromatic heterocycles. The maximum Gasteiger partial charge on any atom is 0.131 e. The molecule has 2 saturated carbocycles. The highest BCUT2D eigenvalue weighted by Gasteiger charge is 2.28. The third-order valence-electron chi connectivity index (χ3n) is 15.9. The van der Waals surface area contributed by atoms with E-state index >= 15 is 8.78 Å². The van der Waals surface area contributed by atoms with Gasteiger partial charge in [-0.05, 0) is 151 Å². The molecule has 0 spiro atoms. The number of aromatic nitrogens is 4. The smallest absolute Gasteiger partial charge is 0.131 e. The molecular weight excluding hydrogens is 835 g/mol. The molecule has 2 heterocycles. The van der Waals surface area contributed by atoms with Crippen LogP contribution in [0.3, 0.4) is 0 Å². The van der Waals surface area contributed by atoms with Gasteiger partial charge in [-0.1, -0.05) is 140 Å². The van der Waals surface area contributed by atoms with E-state index in [1.807, 2.05) is 31.2 Å². The van der Waals surface area contributed by atoms with Crippen LogP contribution in [0.4, 0.5) is 8.78 Å². The fourth-order valence-corrected chi connectivity index (χ4v) is 12.5. The fraction of sp³-hybridized carbons (Fsp3) is 0.475. The molecule has 5 aromatic carbocycles. The van der Waals surface area contributed by atoms with E-state index in [0.29, 0.717) is 23.0 Å². The minimum Gasteiger partial charge on any atom is -0.331 e. The maximum atomic E-state index is 16.2. The van der Waals surface area contributed by atoms with Crippen molar-refractivity contribution in [2.75, 3.05) is 0 Å². The molecule has 0 atom stereocenters. The van der Waals surface area contributed by atoms with Crippen LogP contribution in [0.5, 0.6) is 0 Å². The van der Waals surface area contributed by atoms with Gasteiger partial charge >= 0.3 is 0 Å². The second-order valence-corrected chi connectivity index (χ2v) is 20.5. The molecule has 0 unspecified atom stereocenters. The number of unbranched alkanes of at least 4 members (excludes halogenated alkanes) is 4. The van der Waals surface area contributed by atoms with Gasteiger partial charge in [0, 0.05) is 29.3 Å². The average Bonchev–Trinajstić information content (AvgIpc) is 3.94. The molecule has 0 radical (unpaired) electrons. The number of rotatable bonds is 16. The Morgan fingerprint density at radius 1 is 0.545 bits per heavy atom. The molecule has 0 bridgehead atoms. The number of halogens is 2. The summed E-state index contributed by atoms with van der Waals surface area (Å²) in [7, 11) is 2.07. The number of imidazole rings is 1. The molecule has 346 valence electrons. The number of fused-ring (bicyclic) bond motifs is 2. The van der Waals surface area contributed by atoms with E-state index in [4.69, 9.17) is 13.7 Å². The molecule has 7 aromatic rings. The van der Waals surface area contributed by atoms with Gasteiger partial charge in [-0.2, -0.15) is 8.75 Å². The number of nitrogens with zero attached hydrogens (tertiary/aromatic N) is 4. The number of hydrogen-bond acceptors (Lipinski definition) is 4. The van der Waals surface area contributed by atoms with E-state index in [0.717, 1.165) is 134 Å². The molecule has 7 heteroatoms. The summed E-state index contributed by atoms with van der Waals surface area (Å²) in [6.07, 6.45) is 21.7. The van der Waals surface area contributed by atoms with Gasteiger partial charge in [0.15, 0.2) is 0 Å². The van der Waals surface area contributed by atoms with Crippen LogP contribution in [-0.4, -0.2) is 18.3 Å². The Hall–Kier alpha value is -4.75. The quantitative estimate of drug-likeness (QED) is 0.0908. The Morgan fingerprint density at radius 3 is 1.45 bits per heavy atom. The summed E-state index contributed by atoms with van der Waals surface area (Å²) in [5.74, 6) is 3.16. The second-order valence-electron chi connectivity index (χ2n) is 20.0. The monoisotopic (exact) mass is 905 g/mol. The third-order valence-corrected chi connectivity index (χ3v) is 16.5. The summed E-state index contributed by atoms with van der Waals surface area (Å²) in [6, 6.07) is 24.9. The highest BCUT2D eigenvalue weighted by molar-refractivity contribution is 7.00. The van der Waals surface area contributed by atoms with Crippen LogP contribution in [0.1, 0.15) is 170 Å². The number of hydrogen-bond donors (Lipinski definition) is 0. The number of aryl methyl sites for hydroxylation is 4. The van der Waals surface area contributed by atoms with Crippen LogP contribution in [0.25, 0.3) is 66.6 Å².